The zero-order valence-electron chi connectivity index (χ0n) is 22.4. The monoisotopic (exact) mass is 596 g/mol. The number of rotatable bonds is 15. The van der Waals surface area contributed by atoms with Gasteiger partial charge in [0.05, 0.1) is 18.8 Å². The van der Waals surface area contributed by atoms with Gasteiger partial charge in [0, 0.05) is 31.4 Å². The second kappa shape index (κ2) is 15.9. The Morgan fingerprint density at radius 3 is 2.32 bits per heavy atom. The molecule has 1 amide bonds. The van der Waals surface area contributed by atoms with Gasteiger partial charge < -0.3 is 65.5 Å². The summed E-state index contributed by atoms with van der Waals surface area (Å²) < 4.78 is 16.5. The highest BCUT2D eigenvalue weighted by Gasteiger charge is 2.62. The van der Waals surface area contributed by atoms with Gasteiger partial charge in [-0.05, 0) is 18.4 Å². The Morgan fingerprint density at radius 1 is 1.07 bits per heavy atom. The largest absolute Gasteiger partial charge is 0.479 e. The first-order valence-corrected chi connectivity index (χ1v) is 13.2. The van der Waals surface area contributed by atoms with Crippen molar-refractivity contribution in [2.45, 2.75) is 112 Å². The number of amides is 1. The molecule has 0 aliphatic carbocycles. The highest BCUT2D eigenvalue weighted by molar-refractivity contribution is 5.79. The van der Waals surface area contributed by atoms with Crippen LogP contribution in [0.4, 0.5) is 0 Å². The normalized spacial score (nSPS) is 36.0. The zero-order valence-corrected chi connectivity index (χ0v) is 22.4. The number of nitrogens with zero attached hydrogens (tertiary/aromatic N) is 3. The predicted molar refractivity (Wildman–Crippen MR) is 134 cm³/mol. The molecule has 0 spiro atoms. The number of ether oxygens (including phenoxy) is 3. The van der Waals surface area contributed by atoms with Crippen LogP contribution in [-0.4, -0.2) is 150 Å². The van der Waals surface area contributed by atoms with Crippen LogP contribution < -0.4 is 5.32 Å². The Kier molecular flexibility index (Phi) is 13.6. The second-order valence-electron chi connectivity index (χ2n) is 10.1. The number of aliphatic hydroxyl groups is 8. The van der Waals surface area contributed by atoms with Crippen LogP contribution >= 0.6 is 0 Å². The fourth-order valence-corrected chi connectivity index (χ4v) is 4.92. The smallest absolute Gasteiger partial charge is 0.338 e. The number of azide groups is 1. The van der Waals surface area contributed by atoms with E-state index in [1.807, 2.05) is 0 Å². The van der Waals surface area contributed by atoms with Gasteiger partial charge in [-0.15, -0.1) is 0 Å². The first-order chi connectivity index (χ1) is 19.3. The minimum absolute atomic E-state index is 0.000126. The Balaban J connectivity index is 2.26. The molecule has 0 radical (unpaired) electrons. The van der Waals surface area contributed by atoms with Crippen molar-refractivity contribution in [3.05, 3.63) is 10.4 Å². The van der Waals surface area contributed by atoms with Crippen molar-refractivity contribution in [1.29, 1.82) is 0 Å². The van der Waals surface area contributed by atoms with Gasteiger partial charge in [-0.1, -0.05) is 18.0 Å². The van der Waals surface area contributed by atoms with Crippen LogP contribution in [0.3, 0.4) is 0 Å². The number of carbonyl (C=O) groups is 2. The molecule has 18 heteroatoms. The van der Waals surface area contributed by atoms with E-state index in [9.17, 15) is 55.5 Å². The SMILES string of the molecule is CC(=O)N[C@H]1[C@H]([C@H](O)[C@H](O)CO)O[C@](C(=O)O)([C@@H](O)[C@H]2O[C@@H](OCCCCCCN=[N+]=[N-])[C@H](O)[C@@H](O)[C@H]2O)C[C@@H]1O. The van der Waals surface area contributed by atoms with Crippen molar-refractivity contribution in [2.24, 2.45) is 5.11 Å². The molecule has 236 valence electrons. The minimum atomic E-state index is -2.85. The van der Waals surface area contributed by atoms with Gasteiger partial charge in [0.15, 0.2) is 11.9 Å². The van der Waals surface area contributed by atoms with Crippen LogP contribution in [0.1, 0.15) is 39.0 Å². The first kappa shape index (κ1) is 35.0. The van der Waals surface area contributed by atoms with Gasteiger partial charge in [0.2, 0.25) is 5.91 Å². The molecule has 2 aliphatic rings. The van der Waals surface area contributed by atoms with E-state index >= 15 is 0 Å². The standard InChI is InChI=1S/C23H40N4O14/c1-10(29)26-13-11(30)8-23(22(37)38,41-18(13)14(32)12(31)9-28)20(36)19-16(34)15(33)17(35)21(40-19)39-7-5-3-2-4-6-25-27-24/h11-21,28,30-36H,2-9H2,1H3,(H,26,29)(H,37,38)/t11-,12+,13+,14+,15-,16+,17+,18+,19-,20-,21+,23-/m0/s1. The van der Waals surface area contributed by atoms with Crippen molar-refractivity contribution >= 4 is 11.9 Å². The Morgan fingerprint density at radius 2 is 1.73 bits per heavy atom. The minimum Gasteiger partial charge on any atom is -0.479 e. The lowest BCUT2D eigenvalue weighted by Crippen LogP contribution is -2.73. The molecular formula is C23H40N4O14. The number of hydrogen-bond donors (Lipinski definition) is 10. The molecule has 12 atom stereocenters. The third-order valence-electron chi connectivity index (χ3n) is 7.17. The van der Waals surface area contributed by atoms with Crippen LogP contribution in [0.2, 0.25) is 0 Å². The molecular weight excluding hydrogens is 556 g/mol. The van der Waals surface area contributed by atoms with Crippen molar-refractivity contribution in [3.63, 3.8) is 0 Å². The van der Waals surface area contributed by atoms with E-state index in [0.29, 0.717) is 32.2 Å². The van der Waals surface area contributed by atoms with Crippen LogP contribution in [0.15, 0.2) is 5.11 Å². The van der Waals surface area contributed by atoms with Crippen molar-refractivity contribution in [3.8, 4) is 0 Å². The third kappa shape index (κ3) is 8.44. The van der Waals surface area contributed by atoms with E-state index in [1.165, 1.54) is 0 Å². The van der Waals surface area contributed by atoms with Crippen molar-refractivity contribution in [2.75, 3.05) is 19.8 Å². The van der Waals surface area contributed by atoms with Crippen LogP contribution in [-0.2, 0) is 23.8 Å². The van der Waals surface area contributed by atoms with Gasteiger partial charge >= 0.3 is 5.97 Å². The number of unbranched alkanes of at least 4 members (excludes halogenated alkanes) is 3. The summed E-state index contributed by atoms with van der Waals surface area (Å²) in [6.45, 7) is 0.388. The number of nitrogens with one attached hydrogen (secondary N) is 1. The summed E-state index contributed by atoms with van der Waals surface area (Å²) in [5.41, 5.74) is 5.43. The van der Waals surface area contributed by atoms with Gasteiger partial charge in [0.1, 0.15) is 48.8 Å². The maximum absolute atomic E-state index is 12.5. The summed E-state index contributed by atoms with van der Waals surface area (Å²) in [5, 5.41) is 99.1. The van der Waals surface area contributed by atoms with E-state index in [-0.39, 0.29) is 6.61 Å². The van der Waals surface area contributed by atoms with Gasteiger partial charge in [-0.3, -0.25) is 4.79 Å². The van der Waals surface area contributed by atoms with Crippen LogP contribution in [0.25, 0.3) is 10.4 Å². The molecule has 0 unspecified atom stereocenters. The van der Waals surface area contributed by atoms with Crippen LogP contribution in [0.5, 0.6) is 0 Å². The summed E-state index contributed by atoms with van der Waals surface area (Å²) in [6, 6.07) is -1.49. The third-order valence-corrected chi connectivity index (χ3v) is 7.17. The van der Waals surface area contributed by atoms with Gasteiger partial charge in [-0.2, -0.15) is 0 Å². The summed E-state index contributed by atoms with van der Waals surface area (Å²) in [4.78, 5) is 26.9. The fraction of sp³-hybridized carbons (Fsp3) is 0.913. The van der Waals surface area contributed by atoms with E-state index in [1.54, 1.807) is 0 Å². The molecule has 2 heterocycles. The second-order valence-corrected chi connectivity index (χ2v) is 10.1. The Labute approximate surface area is 234 Å². The summed E-state index contributed by atoms with van der Waals surface area (Å²) in [7, 11) is 0. The van der Waals surface area contributed by atoms with Crippen molar-refractivity contribution < 1.29 is 69.8 Å². The predicted octanol–water partition coefficient (Wildman–Crippen LogP) is -3.77. The highest BCUT2D eigenvalue weighted by Crippen LogP contribution is 2.39. The van der Waals surface area contributed by atoms with Gasteiger partial charge in [-0.25, -0.2) is 4.79 Å². The molecule has 0 aromatic carbocycles. The number of carboxylic acids is 1. The van der Waals surface area contributed by atoms with Crippen LogP contribution in [0, 0.1) is 0 Å². The average Bonchev–Trinajstić information content (AvgIpc) is 2.93. The number of aliphatic hydroxyl groups excluding tert-OH is 8. The highest BCUT2D eigenvalue weighted by atomic mass is 16.7. The van der Waals surface area contributed by atoms with E-state index < -0.39 is 97.8 Å². The molecule has 0 aromatic heterocycles. The molecule has 0 bridgehead atoms. The van der Waals surface area contributed by atoms with Crippen molar-refractivity contribution in [1.82, 2.24) is 5.32 Å². The summed E-state index contributed by atoms with van der Waals surface area (Å²) in [6.07, 6.45) is -17.9. The topological polar surface area (TPSA) is 305 Å². The molecule has 0 saturated carbocycles. The number of carbonyl (C=O) groups excluding carboxylic acids is 1. The molecule has 2 rings (SSSR count). The van der Waals surface area contributed by atoms with Gasteiger partial charge in [0.25, 0.3) is 0 Å². The average molecular weight is 597 g/mol. The lowest BCUT2D eigenvalue weighted by Gasteiger charge is -2.51. The molecule has 18 nitrogen and oxygen atoms in total. The molecule has 2 aliphatic heterocycles. The maximum atomic E-state index is 12.5. The maximum Gasteiger partial charge on any atom is 0.338 e. The van der Waals surface area contributed by atoms with E-state index in [0.717, 1.165) is 6.92 Å². The number of carboxylic acid groups (broad SMARTS) is 1. The van der Waals surface area contributed by atoms with E-state index in [4.69, 9.17) is 19.7 Å². The molecule has 2 fully saturated rings. The molecule has 0 aromatic rings. The number of aliphatic carboxylic acids is 1. The summed E-state index contributed by atoms with van der Waals surface area (Å²) in [5.74, 6) is -2.61. The molecule has 2 saturated heterocycles. The fourth-order valence-electron chi connectivity index (χ4n) is 4.92. The zero-order chi connectivity index (χ0) is 30.9. The lowest BCUT2D eigenvalue weighted by molar-refractivity contribution is -0.331. The Bertz CT molecular complexity index is 910. The Hall–Kier alpha value is -2.19. The summed E-state index contributed by atoms with van der Waals surface area (Å²) >= 11 is 0. The molecule has 41 heavy (non-hydrogen) atoms. The van der Waals surface area contributed by atoms with E-state index in [2.05, 4.69) is 15.3 Å². The lowest BCUT2D eigenvalue weighted by atomic mass is 9.77. The quantitative estimate of drug-likeness (QED) is 0.0376. The first-order valence-electron chi connectivity index (χ1n) is 13.2. The number of hydrogen-bond acceptors (Lipinski definition) is 14. The molecule has 10 N–H and O–H groups in total.